The van der Waals surface area contributed by atoms with Crippen molar-refractivity contribution in [1.29, 1.82) is 0 Å². The summed E-state index contributed by atoms with van der Waals surface area (Å²) in [4.78, 5) is 23.6. The second kappa shape index (κ2) is 6.00. The summed E-state index contributed by atoms with van der Waals surface area (Å²) < 4.78 is 0. The second-order valence-electron chi connectivity index (χ2n) is 3.79. The van der Waals surface area contributed by atoms with Crippen molar-refractivity contribution in [3.8, 4) is 0 Å². The van der Waals surface area contributed by atoms with Gasteiger partial charge in [0, 0.05) is 13.6 Å². The van der Waals surface area contributed by atoms with E-state index in [-0.39, 0.29) is 18.9 Å². The number of benzene rings is 1. The summed E-state index contributed by atoms with van der Waals surface area (Å²) >= 11 is 0. The highest BCUT2D eigenvalue weighted by Gasteiger charge is 2.19. The van der Waals surface area contributed by atoms with Crippen molar-refractivity contribution in [3.05, 3.63) is 35.9 Å². The third kappa shape index (κ3) is 3.88. The lowest BCUT2D eigenvalue weighted by Crippen LogP contribution is -2.37. The fraction of sp³-hybridized carbons (Fsp3) is 0.333. The van der Waals surface area contributed by atoms with E-state index in [2.05, 4.69) is 0 Å². The molecule has 0 radical (unpaired) electrons. The quantitative estimate of drug-likeness (QED) is 0.785. The zero-order chi connectivity index (χ0) is 12.8. The zero-order valence-electron chi connectivity index (χ0n) is 9.67. The van der Waals surface area contributed by atoms with Gasteiger partial charge >= 0.3 is 5.97 Å². The molecule has 5 heteroatoms. The van der Waals surface area contributed by atoms with Gasteiger partial charge in [-0.3, -0.25) is 9.59 Å². The van der Waals surface area contributed by atoms with E-state index in [1.54, 1.807) is 31.3 Å². The van der Waals surface area contributed by atoms with E-state index in [1.807, 2.05) is 6.07 Å². The number of carbonyl (C=O) groups is 2. The van der Waals surface area contributed by atoms with Crippen molar-refractivity contribution in [1.82, 2.24) is 4.90 Å². The summed E-state index contributed by atoms with van der Waals surface area (Å²) in [5, 5.41) is 8.53. The van der Waals surface area contributed by atoms with E-state index >= 15 is 0 Å². The number of amides is 1. The van der Waals surface area contributed by atoms with E-state index in [9.17, 15) is 9.59 Å². The number of aliphatic carboxylic acids is 1. The van der Waals surface area contributed by atoms with Crippen molar-refractivity contribution >= 4 is 11.9 Å². The number of carboxylic acids is 1. The maximum atomic E-state index is 11.9. The maximum absolute atomic E-state index is 11.9. The molecule has 0 bridgehead atoms. The highest BCUT2D eigenvalue weighted by molar-refractivity contribution is 5.83. The van der Waals surface area contributed by atoms with Crippen molar-refractivity contribution in [2.24, 2.45) is 5.73 Å². The normalized spacial score (nSPS) is 11.9. The predicted octanol–water partition coefficient (Wildman–Crippen LogP) is 0.620. The lowest BCUT2D eigenvalue weighted by Gasteiger charge is -2.20. The number of carboxylic acid groups (broad SMARTS) is 1. The molecule has 0 fully saturated rings. The summed E-state index contributed by atoms with van der Waals surface area (Å²) in [5.74, 6) is -1.21. The van der Waals surface area contributed by atoms with Gasteiger partial charge in [0.1, 0.15) is 6.04 Å². The van der Waals surface area contributed by atoms with Crippen LogP contribution in [0.4, 0.5) is 0 Å². The molecule has 1 unspecified atom stereocenters. The number of likely N-dealkylation sites (N-methyl/N-ethyl adjacent to an activating group) is 1. The Labute approximate surface area is 99.8 Å². The smallest absolute Gasteiger partial charge is 0.305 e. The number of hydrogen-bond donors (Lipinski definition) is 2. The van der Waals surface area contributed by atoms with Gasteiger partial charge in [0.2, 0.25) is 5.91 Å². The number of rotatable bonds is 5. The molecular weight excluding hydrogens is 220 g/mol. The fourth-order valence-electron chi connectivity index (χ4n) is 1.41. The minimum atomic E-state index is -0.932. The third-order valence-corrected chi connectivity index (χ3v) is 2.46. The Morgan fingerprint density at radius 2 is 1.94 bits per heavy atom. The Hall–Kier alpha value is -1.88. The molecule has 1 amide bonds. The van der Waals surface area contributed by atoms with E-state index in [4.69, 9.17) is 10.8 Å². The van der Waals surface area contributed by atoms with Crippen LogP contribution in [0.2, 0.25) is 0 Å². The molecule has 92 valence electrons. The van der Waals surface area contributed by atoms with Gasteiger partial charge in [-0.25, -0.2) is 0 Å². The van der Waals surface area contributed by atoms with Gasteiger partial charge in [-0.05, 0) is 5.56 Å². The van der Waals surface area contributed by atoms with Crippen LogP contribution in [0.1, 0.15) is 18.0 Å². The summed E-state index contributed by atoms with van der Waals surface area (Å²) in [6, 6.07) is 8.25. The Morgan fingerprint density at radius 3 is 2.47 bits per heavy atom. The summed E-state index contributed by atoms with van der Waals surface area (Å²) in [5.41, 5.74) is 6.53. The Balaban J connectivity index is 2.60. The number of nitrogens with zero attached hydrogens (tertiary/aromatic N) is 1. The molecule has 17 heavy (non-hydrogen) atoms. The molecule has 0 aromatic heterocycles. The first-order valence-electron chi connectivity index (χ1n) is 5.29. The van der Waals surface area contributed by atoms with Gasteiger partial charge in [-0.1, -0.05) is 30.3 Å². The zero-order valence-corrected chi connectivity index (χ0v) is 9.67. The molecular formula is C12H16N2O3. The monoisotopic (exact) mass is 236 g/mol. The van der Waals surface area contributed by atoms with Crippen LogP contribution < -0.4 is 5.73 Å². The van der Waals surface area contributed by atoms with E-state index in [0.717, 1.165) is 5.56 Å². The van der Waals surface area contributed by atoms with Gasteiger partial charge in [0.15, 0.2) is 0 Å². The highest BCUT2D eigenvalue weighted by atomic mass is 16.4. The highest BCUT2D eigenvalue weighted by Crippen LogP contribution is 2.12. The molecule has 0 heterocycles. The maximum Gasteiger partial charge on any atom is 0.305 e. The first kappa shape index (κ1) is 13.2. The predicted molar refractivity (Wildman–Crippen MR) is 63.3 cm³/mol. The van der Waals surface area contributed by atoms with Gasteiger partial charge < -0.3 is 15.7 Å². The molecule has 0 aliphatic rings. The number of hydrogen-bond acceptors (Lipinski definition) is 3. The third-order valence-electron chi connectivity index (χ3n) is 2.46. The van der Waals surface area contributed by atoms with E-state index in [0.29, 0.717) is 0 Å². The van der Waals surface area contributed by atoms with Gasteiger partial charge in [-0.2, -0.15) is 0 Å². The molecule has 1 atom stereocenters. The van der Waals surface area contributed by atoms with Crippen LogP contribution >= 0.6 is 0 Å². The molecule has 1 aromatic carbocycles. The van der Waals surface area contributed by atoms with Crippen LogP contribution in [0.5, 0.6) is 0 Å². The van der Waals surface area contributed by atoms with Crippen LogP contribution in [0.3, 0.4) is 0 Å². The van der Waals surface area contributed by atoms with Crippen molar-refractivity contribution in [3.63, 3.8) is 0 Å². The first-order chi connectivity index (χ1) is 8.02. The van der Waals surface area contributed by atoms with Crippen LogP contribution in [-0.2, 0) is 9.59 Å². The molecule has 3 N–H and O–H groups in total. The first-order valence-corrected chi connectivity index (χ1v) is 5.29. The SMILES string of the molecule is CN(CCC(=O)O)C(=O)C(N)c1ccccc1. The molecule has 0 saturated carbocycles. The average Bonchev–Trinajstić information content (AvgIpc) is 2.35. The molecule has 5 nitrogen and oxygen atoms in total. The minimum absolute atomic E-state index is 0.0796. The van der Waals surface area contributed by atoms with E-state index in [1.165, 1.54) is 4.90 Å². The van der Waals surface area contributed by atoms with Crippen molar-refractivity contribution < 1.29 is 14.7 Å². The van der Waals surface area contributed by atoms with Crippen LogP contribution in [0.15, 0.2) is 30.3 Å². The molecule has 0 aliphatic heterocycles. The lowest BCUT2D eigenvalue weighted by atomic mass is 10.1. The molecule has 0 spiro atoms. The summed E-state index contributed by atoms with van der Waals surface area (Å²) in [6.45, 7) is 0.161. The summed E-state index contributed by atoms with van der Waals surface area (Å²) in [6.07, 6.45) is -0.0796. The molecule has 1 rings (SSSR count). The lowest BCUT2D eigenvalue weighted by molar-refractivity contribution is -0.138. The van der Waals surface area contributed by atoms with Crippen LogP contribution in [0.25, 0.3) is 0 Å². The average molecular weight is 236 g/mol. The van der Waals surface area contributed by atoms with Crippen molar-refractivity contribution in [2.75, 3.05) is 13.6 Å². The number of carbonyl (C=O) groups excluding carboxylic acids is 1. The van der Waals surface area contributed by atoms with Crippen LogP contribution in [-0.4, -0.2) is 35.5 Å². The largest absolute Gasteiger partial charge is 0.481 e. The van der Waals surface area contributed by atoms with Crippen molar-refractivity contribution in [2.45, 2.75) is 12.5 Å². The summed E-state index contributed by atoms with van der Waals surface area (Å²) in [7, 11) is 1.55. The Kier molecular flexibility index (Phi) is 4.66. The van der Waals surface area contributed by atoms with Gasteiger partial charge in [0.05, 0.1) is 6.42 Å². The molecule has 0 aliphatic carbocycles. The topological polar surface area (TPSA) is 83.6 Å². The standard InChI is InChI=1S/C12H16N2O3/c1-14(8-7-10(15)16)12(17)11(13)9-5-3-2-4-6-9/h2-6,11H,7-8,13H2,1H3,(H,15,16). The Bertz CT molecular complexity index is 392. The fourth-order valence-corrected chi connectivity index (χ4v) is 1.41. The molecule has 1 aromatic rings. The minimum Gasteiger partial charge on any atom is -0.481 e. The van der Waals surface area contributed by atoms with Gasteiger partial charge in [-0.15, -0.1) is 0 Å². The molecule has 0 saturated heterocycles. The number of nitrogens with two attached hydrogens (primary N) is 1. The second-order valence-corrected chi connectivity index (χ2v) is 3.79. The Morgan fingerprint density at radius 1 is 1.35 bits per heavy atom. The van der Waals surface area contributed by atoms with Crippen LogP contribution in [0, 0.1) is 0 Å². The van der Waals surface area contributed by atoms with Gasteiger partial charge in [0.25, 0.3) is 0 Å². The van der Waals surface area contributed by atoms with E-state index < -0.39 is 12.0 Å².